The zero-order chi connectivity index (χ0) is 26.2. The Morgan fingerprint density at radius 2 is 1.66 bits per heavy atom. The first-order chi connectivity index (χ1) is 18.7. The third-order valence-corrected chi connectivity index (χ3v) is 6.46. The van der Waals surface area contributed by atoms with Crippen LogP contribution < -0.4 is 24.7 Å². The van der Waals surface area contributed by atoms with Gasteiger partial charge in [0.15, 0.2) is 11.5 Å². The number of benzene rings is 1. The number of piperidine rings is 2. The Balaban J connectivity index is 1.32. The first-order valence-corrected chi connectivity index (χ1v) is 13.3. The van der Waals surface area contributed by atoms with E-state index in [2.05, 4.69) is 30.3 Å². The SMILES string of the molecule is CCOc1cc(/C=N/Nc2nc(N3CCCCC3)nc(N3CCCCC3)n2)ccc1OC(=O)c1ccco1. The molecule has 4 heterocycles. The van der Waals surface area contributed by atoms with Crippen molar-refractivity contribution in [3.63, 3.8) is 0 Å². The number of furan rings is 1. The Kier molecular flexibility index (Phi) is 8.32. The predicted octanol–water partition coefficient (Wildman–Crippen LogP) is 4.51. The number of aromatic nitrogens is 3. The fourth-order valence-corrected chi connectivity index (χ4v) is 4.54. The van der Waals surface area contributed by atoms with Gasteiger partial charge in [-0.1, -0.05) is 0 Å². The number of carbonyl (C=O) groups is 1. The van der Waals surface area contributed by atoms with Gasteiger partial charge in [0.05, 0.1) is 19.1 Å². The number of nitrogens with zero attached hydrogens (tertiary/aromatic N) is 6. The van der Waals surface area contributed by atoms with E-state index in [-0.39, 0.29) is 5.76 Å². The highest BCUT2D eigenvalue weighted by Gasteiger charge is 2.20. The zero-order valence-electron chi connectivity index (χ0n) is 21.6. The Labute approximate surface area is 221 Å². The highest BCUT2D eigenvalue weighted by molar-refractivity contribution is 5.89. The molecule has 2 aromatic heterocycles. The molecule has 0 atom stereocenters. The Hall–Kier alpha value is -4.15. The summed E-state index contributed by atoms with van der Waals surface area (Å²) in [7, 11) is 0. The molecule has 0 aliphatic carbocycles. The fraction of sp³-hybridized carbons (Fsp3) is 0.444. The van der Waals surface area contributed by atoms with Crippen LogP contribution in [0.2, 0.25) is 0 Å². The minimum absolute atomic E-state index is 0.118. The van der Waals surface area contributed by atoms with Crippen LogP contribution in [-0.2, 0) is 0 Å². The van der Waals surface area contributed by atoms with Crippen LogP contribution in [0.15, 0.2) is 46.1 Å². The lowest BCUT2D eigenvalue weighted by atomic mass is 10.1. The molecule has 0 amide bonds. The second kappa shape index (κ2) is 12.4. The van der Waals surface area contributed by atoms with Crippen LogP contribution in [0.3, 0.4) is 0 Å². The number of rotatable bonds is 9. The maximum absolute atomic E-state index is 12.3. The van der Waals surface area contributed by atoms with Gasteiger partial charge in [-0.3, -0.25) is 0 Å². The van der Waals surface area contributed by atoms with Gasteiger partial charge in [0.25, 0.3) is 0 Å². The molecular weight excluding hydrogens is 486 g/mol. The zero-order valence-corrected chi connectivity index (χ0v) is 21.6. The second-order valence-corrected chi connectivity index (χ2v) is 9.23. The molecule has 200 valence electrons. The molecule has 2 saturated heterocycles. The molecule has 38 heavy (non-hydrogen) atoms. The normalized spacial score (nSPS) is 16.0. The molecule has 0 radical (unpaired) electrons. The largest absolute Gasteiger partial charge is 0.490 e. The van der Waals surface area contributed by atoms with Gasteiger partial charge >= 0.3 is 5.97 Å². The van der Waals surface area contributed by atoms with Gasteiger partial charge in [-0.25, -0.2) is 10.2 Å². The number of hydrazone groups is 1. The molecule has 0 spiro atoms. The molecule has 2 aliphatic heterocycles. The van der Waals surface area contributed by atoms with Gasteiger partial charge in [0, 0.05) is 26.2 Å². The quantitative estimate of drug-likeness (QED) is 0.187. The van der Waals surface area contributed by atoms with Gasteiger partial charge in [-0.2, -0.15) is 20.1 Å². The number of nitrogens with one attached hydrogen (secondary N) is 1. The van der Waals surface area contributed by atoms with Crippen molar-refractivity contribution in [2.45, 2.75) is 45.4 Å². The summed E-state index contributed by atoms with van der Waals surface area (Å²) in [6.45, 7) is 6.06. The minimum atomic E-state index is -0.595. The van der Waals surface area contributed by atoms with Gasteiger partial charge in [-0.05, 0) is 81.3 Å². The highest BCUT2D eigenvalue weighted by Crippen LogP contribution is 2.29. The number of esters is 1. The summed E-state index contributed by atoms with van der Waals surface area (Å²) in [5, 5.41) is 4.37. The Morgan fingerprint density at radius 3 is 2.26 bits per heavy atom. The van der Waals surface area contributed by atoms with Crippen LogP contribution in [0.5, 0.6) is 11.5 Å². The number of anilines is 3. The standard InChI is InChI=1S/C27H33N7O4/c1-2-36-23-18-20(11-12-21(23)38-24(35)22-10-9-17-37-22)19-28-32-25-29-26(33-13-5-3-6-14-33)31-27(30-25)34-15-7-4-8-16-34/h9-12,17-19H,2-8,13-16H2,1H3,(H,29,30,31,32)/b28-19+. The maximum Gasteiger partial charge on any atom is 0.379 e. The lowest BCUT2D eigenvalue weighted by Crippen LogP contribution is -2.34. The summed E-state index contributed by atoms with van der Waals surface area (Å²) in [5.74, 6) is 2.05. The van der Waals surface area contributed by atoms with E-state index in [0.717, 1.165) is 57.4 Å². The molecule has 1 aromatic carbocycles. The van der Waals surface area contributed by atoms with Crippen LogP contribution >= 0.6 is 0 Å². The van der Waals surface area contributed by atoms with E-state index in [1.807, 2.05) is 6.92 Å². The molecule has 1 N–H and O–H groups in total. The number of hydrogen-bond acceptors (Lipinski definition) is 11. The van der Waals surface area contributed by atoms with Gasteiger partial charge in [0.2, 0.25) is 23.6 Å². The smallest absolute Gasteiger partial charge is 0.379 e. The van der Waals surface area contributed by atoms with E-state index in [1.165, 1.54) is 19.1 Å². The van der Waals surface area contributed by atoms with Gasteiger partial charge in [-0.15, -0.1) is 0 Å². The molecule has 11 nitrogen and oxygen atoms in total. The average Bonchev–Trinajstić information content (AvgIpc) is 3.51. The van der Waals surface area contributed by atoms with E-state index < -0.39 is 5.97 Å². The van der Waals surface area contributed by atoms with Crippen molar-refractivity contribution in [1.82, 2.24) is 15.0 Å². The van der Waals surface area contributed by atoms with E-state index in [1.54, 1.807) is 36.5 Å². The third kappa shape index (κ3) is 6.39. The van der Waals surface area contributed by atoms with Crippen LogP contribution in [0, 0.1) is 0 Å². The number of ether oxygens (including phenoxy) is 2. The summed E-state index contributed by atoms with van der Waals surface area (Å²) in [6, 6.07) is 8.38. The van der Waals surface area contributed by atoms with Crippen molar-refractivity contribution in [3.05, 3.63) is 47.9 Å². The number of carbonyl (C=O) groups excluding carboxylic acids is 1. The highest BCUT2D eigenvalue weighted by atomic mass is 16.6. The van der Waals surface area contributed by atoms with E-state index in [9.17, 15) is 4.79 Å². The minimum Gasteiger partial charge on any atom is -0.490 e. The van der Waals surface area contributed by atoms with Crippen molar-refractivity contribution in [2.24, 2.45) is 5.10 Å². The van der Waals surface area contributed by atoms with Crippen molar-refractivity contribution < 1.29 is 18.7 Å². The predicted molar refractivity (Wildman–Crippen MR) is 144 cm³/mol. The number of hydrogen-bond donors (Lipinski definition) is 1. The van der Waals surface area contributed by atoms with E-state index >= 15 is 0 Å². The average molecular weight is 520 g/mol. The Morgan fingerprint density at radius 1 is 0.974 bits per heavy atom. The summed E-state index contributed by atoms with van der Waals surface area (Å²) in [4.78, 5) is 30.9. The molecule has 0 unspecified atom stereocenters. The molecule has 0 saturated carbocycles. The third-order valence-electron chi connectivity index (χ3n) is 6.46. The van der Waals surface area contributed by atoms with Crippen LogP contribution in [0.25, 0.3) is 0 Å². The van der Waals surface area contributed by atoms with Crippen LogP contribution in [0.1, 0.15) is 61.6 Å². The van der Waals surface area contributed by atoms with E-state index in [0.29, 0.717) is 36.0 Å². The molecule has 5 rings (SSSR count). The Bertz CT molecular complexity index is 1200. The maximum atomic E-state index is 12.3. The van der Waals surface area contributed by atoms with Crippen molar-refractivity contribution >= 4 is 30.0 Å². The van der Waals surface area contributed by atoms with Crippen molar-refractivity contribution in [1.29, 1.82) is 0 Å². The molecule has 11 heteroatoms. The van der Waals surface area contributed by atoms with Crippen LogP contribution in [-0.4, -0.2) is 59.9 Å². The van der Waals surface area contributed by atoms with E-state index in [4.69, 9.17) is 18.9 Å². The summed E-state index contributed by atoms with van der Waals surface area (Å²) >= 11 is 0. The molecular formula is C27H33N7O4. The molecule has 0 bridgehead atoms. The first-order valence-electron chi connectivity index (χ1n) is 13.3. The molecule has 3 aromatic rings. The van der Waals surface area contributed by atoms with Gasteiger partial charge < -0.3 is 23.7 Å². The summed E-state index contributed by atoms with van der Waals surface area (Å²) in [5.41, 5.74) is 3.73. The molecule has 2 aliphatic rings. The summed E-state index contributed by atoms with van der Waals surface area (Å²) < 4.78 is 16.3. The molecule has 2 fully saturated rings. The lowest BCUT2D eigenvalue weighted by Gasteiger charge is -2.30. The monoisotopic (exact) mass is 519 g/mol. The first kappa shape index (κ1) is 25.5. The van der Waals surface area contributed by atoms with Crippen molar-refractivity contribution in [2.75, 3.05) is 48.0 Å². The second-order valence-electron chi connectivity index (χ2n) is 9.23. The van der Waals surface area contributed by atoms with Crippen molar-refractivity contribution in [3.8, 4) is 11.5 Å². The summed E-state index contributed by atoms with van der Waals surface area (Å²) in [6.07, 6.45) is 10.1. The van der Waals surface area contributed by atoms with Gasteiger partial charge in [0.1, 0.15) is 0 Å². The lowest BCUT2D eigenvalue weighted by molar-refractivity contribution is 0.0695. The van der Waals surface area contributed by atoms with Crippen LogP contribution in [0.4, 0.5) is 17.8 Å². The topological polar surface area (TPSA) is 118 Å². The fourth-order valence-electron chi connectivity index (χ4n) is 4.54.